The van der Waals surface area contributed by atoms with Crippen molar-refractivity contribution in [2.75, 3.05) is 13.2 Å². The average molecular weight is 221 g/mol. The van der Waals surface area contributed by atoms with Crippen LogP contribution in [-0.2, 0) is 6.42 Å². The van der Waals surface area contributed by atoms with Crippen LogP contribution in [0.5, 0.6) is 0 Å². The van der Waals surface area contributed by atoms with Crippen LogP contribution in [0.3, 0.4) is 0 Å². The molecule has 0 radical (unpaired) electrons. The molecule has 88 valence electrons. The minimum atomic E-state index is -1.03. The standard InChI is InChI=1S/C13H19NO2/c1-13(16,9-15)8-14-12-7-6-10-4-2-3-5-11(10)12/h2-5,12,14-16H,6-9H2,1H3. The summed E-state index contributed by atoms with van der Waals surface area (Å²) in [4.78, 5) is 0. The Kier molecular flexibility index (Phi) is 3.28. The Balaban J connectivity index is 1.99. The Morgan fingerprint density at radius 2 is 2.19 bits per heavy atom. The number of aryl methyl sites for hydroxylation is 1. The number of fused-ring (bicyclic) bond motifs is 1. The predicted molar refractivity (Wildman–Crippen MR) is 63.2 cm³/mol. The molecule has 0 bridgehead atoms. The molecule has 1 aromatic carbocycles. The zero-order valence-electron chi connectivity index (χ0n) is 9.61. The first-order valence-electron chi connectivity index (χ1n) is 5.77. The van der Waals surface area contributed by atoms with Gasteiger partial charge in [0, 0.05) is 12.6 Å². The minimum Gasteiger partial charge on any atom is -0.393 e. The van der Waals surface area contributed by atoms with Gasteiger partial charge >= 0.3 is 0 Å². The molecule has 3 heteroatoms. The van der Waals surface area contributed by atoms with Gasteiger partial charge in [0.1, 0.15) is 0 Å². The Morgan fingerprint density at radius 1 is 1.44 bits per heavy atom. The van der Waals surface area contributed by atoms with E-state index >= 15 is 0 Å². The van der Waals surface area contributed by atoms with Crippen LogP contribution in [0.1, 0.15) is 30.5 Å². The zero-order chi connectivity index (χ0) is 11.6. The summed E-state index contributed by atoms with van der Waals surface area (Å²) < 4.78 is 0. The van der Waals surface area contributed by atoms with Crippen molar-refractivity contribution in [3.63, 3.8) is 0 Å². The molecule has 0 saturated heterocycles. The summed E-state index contributed by atoms with van der Waals surface area (Å²) in [5.41, 5.74) is 1.69. The van der Waals surface area contributed by atoms with Gasteiger partial charge in [-0.2, -0.15) is 0 Å². The zero-order valence-corrected chi connectivity index (χ0v) is 9.61. The number of rotatable bonds is 4. The Hall–Kier alpha value is -0.900. The fourth-order valence-electron chi connectivity index (χ4n) is 2.17. The van der Waals surface area contributed by atoms with E-state index in [4.69, 9.17) is 5.11 Å². The first kappa shape index (κ1) is 11.6. The Bertz CT molecular complexity index is 363. The van der Waals surface area contributed by atoms with E-state index in [1.54, 1.807) is 6.92 Å². The smallest absolute Gasteiger partial charge is 0.0973 e. The van der Waals surface area contributed by atoms with Crippen molar-refractivity contribution >= 4 is 0 Å². The minimum absolute atomic E-state index is 0.214. The third kappa shape index (κ3) is 2.43. The molecule has 0 heterocycles. The second-order valence-corrected chi connectivity index (χ2v) is 4.83. The van der Waals surface area contributed by atoms with E-state index < -0.39 is 5.60 Å². The number of nitrogens with one attached hydrogen (secondary N) is 1. The Labute approximate surface area is 96.1 Å². The van der Waals surface area contributed by atoms with Gasteiger partial charge in [0.2, 0.25) is 0 Å². The summed E-state index contributed by atoms with van der Waals surface area (Å²) in [5, 5.41) is 22.0. The quantitative estimate of drug-likeness (QED) is 0.711. The summed E-state index contributed by atoms with van der Waals surface area (Å²) in [5.74, 6) is 0. The summed E-state index contributed by atoms with van der Waals surface area (Å²) in [7, 11) is 0. The molecule has 0 saturated carbocycles. The van der Waals surface area contributed by atoms with Crippen LogP contribution in [0.15, 0.2) is 24.3 Å². The van der Waals surface area contributed by atoms with Crippen molar-refractivity contribution < 1.29 is 10.2 Å². The van der Waals surface area contributed by atoms with Crippen LogP contribution in [0.2, 0.25) is 0 Å². The van der Waals surface area contributed by atoms with Crippen molar-refractivity contribution in [2.24, 2.45) is 0 Å². The van der Waals surface area contributed by atoms with Crippen LogP contribution < -0.4 is 5.32 Å². The highest BCUT2D eigenvalue weighted by Crippen LogP contribution is 2.30. The molecule has 0 fully saturated rings. The molecule has 1 aliphatic carbocycles. The topological polar surface area (TPSA) is 52.5 Å². The lowest BCUT2D eigenvalue weighted by Gasteiger charge is -2.24. The molecular weight excluding hydrogens is 202 g/mol. The average Bonchev–Trinajstić information content (AvgIpc) is 2.70. The molecule has 0 spiro atoms. The second-order valence-electron chi connectivity index (χ2n) is 4.83. The SMILES string of the molecule is CC(O)(CO)CNC1CCc2ccccc21. The molecule has 2 rings (SSSR count). The molecule has 3 N–H and O–H groups in total. The monoisotopic (exact) mass is 221 g/mol. The fourth-order valence-corrected chi connectivity index (χ4v) is 2.17. The lowest BCUT2D eigenvalue weighted by molar-refractivity contribution is 0.000716. The lowest BCUT2D eigenvalue weighted by atomic mass is 10.1. The van der Waals surface area contributed by atoms with Crippen molar-refractivity contribution in [1.82, 2.24) is 5.32 Å². The summed E-state index contributed by atoms with van der Waals surface area (Å²) in [6.45, 7) is 1.84. The molecule has 2 unspecified atom stereocenters. The third-order valence-corrected chi connectivity index (χ3v) is 3.20. The van der Waals surface area contributed by atoms with Crippen LogP contribution in [-0.4, -0.2) is 29.0 Å². The molecule has 16 heavy (non-hydrogen) atoms. The van der Waals surface area contributed by atoms with E-state index in [-0.39, 0.29) is 6.61 Å². The maximum Gasteiger partial charge on any atom is 0.0973 e. The largest absolute Gasteiger partial charge is 0.393 e. The normalized spacial score (nSPS) is 22.8. The van der Waals surface area contributed by atoms with Crippen molar-refractivity contribution in [2.45, 2.75) is 31.4 Å². The van der Waals surface area contributed by atoms with Gasteiger partial charge in [0.25, 0.3) is 0 Å². The van der Waals surface area contributed by atoms with Gasteiger partial charge in [-0.3, -0.25) is 0 Å². The van der Waals surface area contributed by atoms with E-state index in [9.17, 15) is 5.11 Å². The van der Waals surface area contributed by atoms with Gasteiger partial charge in [-0.25, -0.2) is 0 Å². The summed E-state index contributed by atoms with van der Waals surface area (Å²) >= 11 is 0. The molecule has 0 amide bonds. The van der Waals surface area contributed by atoms with Crippen LogP contribution in [0.25, 0.3) is 0 Å². The van der Waals surface area contributed by atoms with Gasteiger partial charge in [0.05, 0.1) is 12.2 Å². The van der Waals surface area contributed by atoms with Gasteiger partial charge in [-0.05, 0) is 30.9 Å². The summed E-state index contributed by atoms with van der Waals surface area (Å²) in [6, 6.07) is 8.71. The first-order valence-corrected chi connectivity index (χ1v) is 5.77. The van der Waals surface area contributed by atoms with Crippen LogP contribution >= 0.6 is 0 Å². The Morgan fingerprint density at radius 3 is 2.94 bits per heavy atom. The van der Waals surface area contributed by atoms with Gasteiger partial charge in [-0.15, -0.1) is 0 Å². The highest BCUT2D eigenvalue weighted by molar-refractivity contribution is 5.34. The van der Waals surface area contributed by atoms with Crippen LogP contribution in [0, 0.1) is 0 Å². The number of aliphatic hydroxyl groups is 2. The second kappa shape index (κ2) is 4.53. The van der Waals surface area contributed by atoms with Gasteiger partial charge in [-0.1, -0.05) is 24.3 Å². The van der Waals surface area contributed by atoms with E-state index in [2.05, 4.69) is 23.5 Å². The molecule has 0 aromatic heterocycles. The third-order valence-electron chi connectivity index (χ3n) is 3.20. The first-order chi connectivity index (χ1) is 7.62. The van der Waals surface area contributed by atoms with Crippen molar-refractivity contribution in [1.29, 1.82) is 0 Å². The molecule has 0 aliphatic heterocycles. The van der Waals surface area contributed by atoms with Crippen LogP contribution in [0.4, 0.5) is 0 Å². The van der Waals surface area contributed by atoms with Crippen molar-refractivity contribution in [3.05, 3.63) is 35.4 Å². The van der Waals surface area contributed by atoms with Gasteiger partial charge in [0.15, 0.2) is 0 Å². The highest BCUT2D eigenvalue weighted by atomic mass is 16.3. The number of hydrogen-bond donors (Lipinski definition) is 3. The maximum absolute atomic E-state index is 9.72. The fraction of sp³-hybridized carbons (Fsp3) is 0.538. The maximum atomic E-state index is 9.72. The van der Waals surface area contributed by atoms with E-state index in [0.717, 1.165) is 12.8 Å². The molecule has 3 nitrogen and oxygen atoms in total. The lowest BCUT2D eigenvalue weighted by Crippen LogP contribution is -2.41. The highest BCUT2D eigenvalue weighted by Gasteiger charge is 2.25. The molecule has 1 aromatic rings. The molecule has 1 aliphatic rings. The molecule has 2 atom stereocenters. The number of hydrogen-bond acceptors (Lipinski definition) is 3. The van der Waals surface area contributed by atoms with Crippen molar-refractivity contribution in [3.8, 4) is 0 Å². The predicted octanol–water partition coefficient (Wildman–Crippen LogP) is 1.01. The molecular formula is C13H19NO2. The van der Waals surface area contributed by atoms with E-state index in [1.807, 2.05) is 6.07 Å². The number of aliphatic hydroxyl groups excluding tert-OH is 1. The number of benzene rings is 1. The van der Waals surface area contributed by atoms with E-state index in [0.29, 0.717) is 12.6 Å². The summed E-state index contributed by atoms with van der Waals surface area (Å²) in [6.07, 6.45) is 2.16. The van der Waals surface area contributed by atoms with E-state index in [1.165, 1.54) is 11.1 Å². The van der Waals surface area contributed by atoms with Gasteiger partial charge < -0.3 is 15.5 Å².